The van der Waals surface area contributed by atoms with Crippen molar-refractivity contribution in [1.29, 1.82) is 0 Å². The molecule has 0 amide bonds. The molecule has 0 bridgehead atoms. The molecule has 0 N–H and O–H groups in total. The Kier molecular flexibility index (Phi) is 3.52. The van der Waals surface area contributed by atoms with Crippen molar-refractivity contribution in [1.82, 2.24) is 0 Å². The van der Waals surface area contributed by atoms with Crippen LogP contribution in [0.1, 0.15) is 27.0 Å². The molecular formula is C19H15ClO. The van der Waals surface area contributed by atoms with E-state index < -0.39 is 0 Å². The zero-order valence-electron chi connectivity index (χ0n) is 12.0. The highest BCUT2D eigenvalue weighted by atomic mass is 35.5. The number of hydrogen-bond acceptors (Lipinski definition) is 1. The Morgan fingerprint density at radius 1 is 0.905 bits per heavy atom. The van der Waals surface area contributed by atoms with Gasteiger partial charge in [0.25, 0.3) is 0 Å². The minimum atomic E-state index is 0.0318. The van der Waals surface area contributed by atoms with E-state index in [-0.39, 0.29) is 5.78 Å². The Bertz CT molecular complexity index is 849. The van der Waals surface area contributed by atoms with Crippen LogP contribution in [-0.4, -0.2) is 5.78 Å². The van der Waals surface area contributed by atoms with E-state index in [0.717, 1.165) is 27.5 Å². The monoisotopic (exact) mass is 294 g/mol. The lowest BCUT2D eigenvalue weighted by atomic mass is 9.91. The first kappa shape index (κ1) is 13.8. The summed E-state index contributed by atoms with van der Waals surface area (Å²) in [4.78, 5) is 13.0. The number of halogens is 1. The topological polar surface area (TPSA) is 17.1 Å². The van der Waals surface area contributed by atoms with Gasteiger partial charge in [0, 0.05) is 16.1 Å². The number of carbonyl (C=O) groups excluding carboxylic acids is 1. The Morgan fingerprint density at radius 3 is 2.43 bits per heavy atom. The van der Waals surface area contributed by atoms with E-state index in [1.54, 1.807) is 6.07 Å². The van der Waals surface area contributed by atoms with Gasteiger partial charge in [-0.15, -0.1) is 0 Å². The predicted molar refractivity (Wildman–Crippen MR) is 88.3 cm³/mol. The molecule has 0 saturated carbocycles. The summed E-state index contributed by atoms with van der Waals surface area (Å²) >= 11 is 6.05. The Labute approximate surface area is 129 Å². The molecule has 0 saturated heterocycles. The summed E-state index contributed by atoms with van der Waals surface area (Å²) in [5.74, 6) is 0.0318. The van der Waals surface area contributed by atoms with Crippen molar-refractivity contribution in [3.05, 3.63) is 81.9 Å². The maximum Gasteiger partial charge on any atom is 0.194 e. The summed E-state index contributed by atoms with van der Waals surface area (Å²) in [6, 6.07) is 17.5. The van der Waals surface area contributed by atoms with E-state index in [1.807, 2.05) is 62.4 Å². The van der Waals surface area contributed by atoms with Crippen LogP contribution in [-0.2, 0) is 0 Å². The number of benzene rings is 3. The van der Waals surface area contributed by atoms with E-state index >= 15 is 0 Å². The van der Waals surface area contributed by atoms with Crippen molar-refractivity contribution in [3.63, 3.8) is 0 Å². The summed E-state index contributed by atoms with van der Waals surface area (Å²) in [5.41, 5.74) is 3.36. The molecule has 0 aromatic heterocycles. The number of fused-ring (bicyclic) bond motifs is 1. The van der Waals surface area contributed by atoms with Gasteiger partial charge in [0.1, 0.15) is 0 Å². The summed E-state index contributed by atoms with van der Waals surface area (Å²) in [5, 5.41) is 2.65. The van der Waals surface area contributed by atoms with Gasteiger partial charge in [-0.25, -0.2) is 0 Å². The molecule has 1 nitrogen and oxygen atoms in total. The van der Waals surface area contributed by atoms with E-state index in [0.29, 0.717) is 10.6 Å². The van der Waals surface area contributed by atoms with Gasteiger partial charge in [0.2, 0.25) is 0 Å². The summed E-state index contributed by atoms with van der Waals surface area (Å²) in [7, 11) is 0. The molecule has 104 valence electrons. The van der Waals surface area contributed by atoms with Crippen LogP contribution in [0.2, 0.25) is 5.02 Å². The average Bonchev–Trinajstić information content (AvgIpc) is 2.49. The van der Waals surface area contributed by atoms with Crippen LogP contribution in [0.25, 0.3) is 10.8 Å². The highest BCUT2D eigenvalue weighted by molar-refractivity contribution is 6.31. The van der Waals surface area contributed by atoms with Crippen LogP contribution >= 0.6 is 11.6 Å². The molecule has 21 heavy (non-hydrogen) atoms. The molecule has 2 heteroatoms. The van der Waals surface area contributed by atoms with Crippen molar-refractivity contribution < 1.29 is 4.79 Å². The molecular weight excluding hydrogens is 280 g/mol. The van der Waals surface area contributed by atoms with Crippen LogP contribution < -0.4 is 0 Å². The van der Waals surface area contributed by atoms with Gasteiger partial charge in [0.05, 0.1) is 0 Å². The Morgan fingerprint density at radius 2 is 1.62 bits per heavy atom. The van der Waals surface area contributed by atoms with Gasteiger partial charge in [-0.3, -0.25) is 4.79 Å². The summed E-state index contributed by atoms with van der Waals surface area (Å²) in [6.07, 6.45) is 0. The third-order valence-corrected chi connectivity index (χ3v) is 4.04. The fourth-order valence-electron chi connectivity index (χ4n) is 2.66. The third-order valence-electron chi connectivity index (χ3n) is 3.81. The van der Waals surface area contributed by atoms with Gasteiger partial charge in [-0.2, -0.15) is 0 Å². The second-order valence-corrected chi connectivity index (χ2v) is 5.70. The van der Waals surface area contributed by atoms with E-state index in [9.17, 15) is 4.79 Å². The second-order valence-electron chi connectivity index (χ2n) is 5.27. The van der Waals surface area contributed by atoms with Gasteiger partial charge in [0.15, 0.2) is 5.78 Å². The number of carbonyl (C=O) groups is 1. The molecule has 3 aromatic carbocycles. The van der Waals surface area contributed by atoms with Gasteiger partial charge in [-0.1, -0.05) is 54.1 Å². The maximum absolute atomic E-state index is 13.0. The lowest BCUT2D eigenvalue weighted by Gasteiger charge is -2.11. The Balaban J connectivity index is 2.27. The number of aryl methyl sites for hydroxylation is 2. The van der Waals surface area contributed by atoms with Crippen LogP contribution in [0.4, 0.5) is 0 Å². The normalized spacial score (nSPS) is 10.8. The molecule has 0 aliphatic rings. The smallest absolute Gasteiger partial charge is 0.194 e. The standard InChI is InChI=1S/C19H15ClO/c1-12-8-10-15(20)11-17(12)19(21)18-13(2)7-9-14-5-3-4-6-16(14)18/h3-11H,1-2H3. The fourth-order valence-corrected chi connectivity index (χ4v) is 2.83. The molecule has 3 aromatic rings. The predicted octanol–water partition coefficient (Wildman–Crippen LogP) is 5.34. The van der Waals surface area contributed by atoms with Crippen molar-refractivity contribution in [3.8, 4) is 0 Å². The highest BCUT2D eigenvalue weighted by Crippen LogP contribution is 2.27. The third kappa shape index (κ3) is 2.45. The van der Waals surface area contributed by atoms with E-state index in [2.05, 4.69) is 0 Å². The van der Waals surface area contributed by atoms with Gasteiger partial charge < -0.3 is 0 Å². The molecule has 0 fully saturated rings. The van der Waals surface area contributed by atoms with E-state index in [4.69, 9.17) is 11.6 Å². The molecule has 0 heterocycles. The van der Waals surface area contributed by atoms with Crippen molar-refractivity contribution in [2.75, 3.05) is 0 Å². The Hall–Kier alpha value is -2.12. The quantitative estimate of drug-likeness (QED) is 0.583. The first-order valence-electron chi connectivity index (χ1n) is 6.87. The largest absolute Gasteiger partial charge is 0.289 e. The number of ketones is 1. The molecule has 0 aliphatic carbocycles. The minimum absolute atomic E-state index is 0.0318. The molecule has 0 atom stereocenters. The molecule has 0 unspecified atom stereocenters. The lowest BCUT2D eigenvalue weighted by Crippen LogP contribution is -2.06. The first-order chi connectivity index (χ1) is 10.1. The van der Waals surface area contributed by atoms with E-state index in [1.165, 1.54) is 0 Å². The number of hydrogen-bond donors (Lipinski definition) is 0. The van der Waals surface area contributed by atoms with Gasteiger partial charge >= 0.3 is 0 Å². The van der Waals surface area contributed by atoms with Crippen molar-refractivity contribution in [2.45, 2.75) is 13.8 Å². The summed E-state index contributed by atoms with van der Waals surface area (Å²) in [6.45, 7) is 3.91. The van der Waals surface area contributed by atoms with Crippen LogP contribution in [0, 0.1) is 13.8 Å². The molecule has 0 aliphatic heterocycles. The minimum Gasteiger partial charge on any atom is -0.289 e. The van der Waals surface area contributed by atoms with Gasteiger partial charge in [-0.05, 0) is 47.9 Å². The average molecular weight is 295 g/mol. The van der Waals surface area contributed by atoms with Crippen LogP contribution in [0.5, 0.6) is 0 Å². The number of rotatable bonds is 2. The second kappa shape index (κ2) is 5.34. The fraction of sp³-hybridized carbons (Fsp3) is 0.105. The summed E-state index contributed by atoms with van der Waals surface area (Å²) < 4.78 is 0. The zero-order chi connectivity index (χ0) is 15.0. The highest BCUT2D eigenvalue weighted by Gasteiger charge is 2.17. The van der Waals surface area contributed by atoms with Crippen LogP contribution in [0.15, 0.2) is 54.6 Å². The maximum atomic E-state index is 13.0. The first-order valence-corrected chi connectivity index (χ1v) is 7.25. The van der Waals surface area contributed by atoms with Crippen LogP contribution in [0.3, 0.4) is 0 Å². The SMILES string of the molecule is Cc1ccc(Cl)cc1C(=O)c1c(C)ccc2ccccc12. The zero-order valence-corrected chi connectivity index (χ0v) is 12.7. The molecule has 0 radical (unpaired) electrons. The molecule has 0 spiro atoms. The van der Waals surface area contributed by atoms with Crippen molar-refractivity contribution >= 4 is 28.2 Å². The molecule has 3 rings (SSSR count). The lowest BCUT2D eigenvalue weighted by molar-refractivity contribution is 0.103. The van der Waals surface area contributed by atoms with Crippen molar-refractivity contribution in [2.24, 2.45) is 0 Å².